The summed E-state index contributed by atoms with van der Waals surface area (Å²) in [4.78, 5) is 23.4. The van der Waals surface area contributed by atoms with E-state index in [1.807, 2.05) is 0 Å². The molecule has 0 unspecified atom stereocenters. The van der Waals surface area contributed by atoms with E-state index in [1.54, 1.807) is 12.1 Å². The van der Waals surface area contributed by atoms with E-state index in [0.29, 0.717) is 20.3 Å². The lowest BCUT2D eigenvalue weighted by molar-refractivity contribution is -0.143. The van der Waals surface area contributed by atoms with Crippen molar-refractivity contribution >= 4 is 49.9 Å². The molecular weight excluding hydrogens is 420 g/mol. The number of hydrogen-bond donors (Lipinski definition) is 0. The summed E-state index contributed by atoms with van der Waals surface area (Å²) in [6.45, 7) is 0.0346. The largest absolute Gasteiger partial charge is 0.479 e. The second-order valence-electron chi connectivity index (χ2n) is 3.84. The monoisotopic (exact) mass is 430 g/mol. The number of rotatable bonds is 5. The van der Waals surface area contributed by atoms with Gasteiger partial charge in [0.1, 0.15) is 17.9 Å². The van der Waals surface area contributed by atoms with Crippen LogP contribution < -0.4 is 4.74 Å². The van der Waals surface area contributed by atoms with Gasteiger partial charge in [-0.2, -0.15) is 0 Å². The SMILES string of the molecule is C#CCOc1c(Br)cc(Br)cc1C=C(C(=O)OC)C(=O)OC. The molecule has 22 heavy (non-hydrogen) atoms. The van der Waals surface area contributed by atoms with Gasteiger partial charge in [-0.05, 0) is 34.1 Å². The Morgan fingerprint density at radius 2 is 1.82 bits per heavy atom. The minimum absolute atomic E-state index is 0.0346. The summed E-state index contributed by atoms with van der Waals surface area (Å²) in [5, 5.41) is 0. The number of methoxy groups -OCH3 is 2. The van der Waals surface area contributed by atoms with Crippen LogP contribution in [-0.2, 0) is 19.1 Å². The number of hydrogen-bond acceptors (Lipinski definition) is 5. The van der Waals surface area contributed by atoms with Crippen molar-refractivity contribution in [3.63, 3.8) is 0 Å². The fourth-order valence-corrected chi connectivity index (χ4v) is 2.90. The number of terminal acetylenes is 1. The van der Waals surface area contributed by atoms with Crippen molar-refractivity contribution in [2.45, 2.75) is 0 Å². The molecule has 1 aromatic carbocycles. The van der Waals surface area contributed by atoms with Crippen molar-refractivity contribution in [2.24, 2.45) is 0 Å². The van der Waals surface area contributed by atoms with Crippen molar-refractivity contribution < 1.29 is 23.8 Å². The van der Waals surface area contributed by atoms with E-state index in [1.165, 1.54) is 20.3 Å². The summed E-state index contributed by atoms with van der Waals surface area (Å²) in [6, 6.07) is 3.42. The first-order valence-corrected chi connectivity index (χ1v) is 7.46. The summed E-state index contributed by atoms with van der Waals surface area (Å²) < 4.78 is 15.9. The zero-order valence-electron chi connectivity index (χ0n) is 11.8. The number of esters is 2. The molecule has 0 heterocycles. The maximum absolute atomic E-state index is 11.7. The number of halogens is 2. The summed E-state index contributed by atoms with van der Waals surface area (Å²) >= 11 is 6.67. The minimum atomic E-state index is -0.814. The van der Waals surface area contributed by atoms with Crippen LogP contribution in [0.3, 0.4) is 0 Å². The Labute approximate surface area is 144 Å². The first-order chi connectivity index (χ1) is 10.4. The smallest absolute Gasteiger partial charge is 0.345 e. The Morgan fingerprint density at radius 1 is 1.23 bits per heavy atom. The average Bonchev–Trinajstić information content (AvgIpc) is 2.50. The van der Waals surface area contributed by atoms with E-state index in [-0.39, 0.29) is 12.2 Å². The highest BCUT2D eigenvalue weighted by Crippen LogP contribution is 2.34. The zero-order valence-corrected chi connectivity index (χ0v) is 15.0. The van der Waals surface area contributed by atoms with Gasteiger partial charge >= 0.3 is 11.9 Å². The van der Waals surface area contributed by atoms with E-state index in [4.69, 9.17) is 11.2 Å². The van der Waals surface area contributed by atoms with Gasteiger partial charge in [-0.1, -0.05) is 21.9 Å². The molecule has 0 radical (unpaired) electrons. The minimum Gasteiger partial charge on any atom is -0.479 e. The van der Waals surface area contributed by atoms with E-state index in [0.717, 1.165) is 0 Å². The lowest BCUT2D eigenvalue weighted by Gasteiger charge is -2.11. The average molecular weight is 432 g/mol. The van der Waals surface area contributed by atoms with Crippen LogP contribution in [0.4, 0.5) is 0 Å². The Morgan fingerprint density at radius 3 is 2.32 bits per heavy atom. The summed E-state index contributed by atoms with van der Waals surface area (Å²) in [6.07, 6.45) is 6.50. The molecular formula is C15H12Br2O5. The van der Waals surface area contributed by atoms with Crippen LogP contribution in [0.25, 0.3) is 6.08 Å². The second kappa shape index (κ2) is 8.61. The van der Waals surface area contributed by atoms with E-state index in [9.17, 15) is 9.59 Å². The molecule has 0 fully saturated rings. The van der Waals surface area contributed by atoms with Crippen LogP contribution in [0.1, 0.15) is 5.56 Å². The Hall–Kier alpha value is -1.78. The zero-order chi connectivity index (χ0) is 16.7. The van der Waals surface area contributed by atoms with Crippen molar-refractivity contribution in [3.05, 3.63) is 32.2 Å². The molecule has 0 saturated heterocycles. The quantitative estimate of drug-likeness (QED) is 0.236. The van der Waals surface area contributed by atoms with Crippen LogP contribution in [0.15, 0.2) is 26.7 Å². The highest BCUT2D eigenvalue weighted by atomic mass is 79.9. The third-order valence-corrected chi connectivity index (χ3v) is 3.49. The molecule has 0 aliphatic carbocycles. The van der Waals surface area contributed by atoms with Gasteiger partial charge in [0.05, 0.1) is 18.7 Å². The maximum atomic E-state index is 11.7. The molecule has 7 heteroatoms. The molecule has 0 spiro atoms. The van der Waals surface area contributed by atoms with Crippen molar-refractivity contribution in [1.29, 1.82) is 0 Å². The standard InChI is InChI=1S/C15H12Br2O5/c1-4-5-22-13-9(6-10(16)8-12(13)17)7-11(14(18)20-2)15(19)21-3/h1,6-8H,5H2,2-3H3. The molecule has 0 aliphatic rings. The van der Waals surface area contributed by atoms with Crippen LogP contribution in [0, 0.1) is 12.3 Å². The van der Waals surface area contributed by atoms with Crippen molar-refractivity contribution in [1.82, 2.24) is 0 Å². The van der Waals surface area contributed by atoms with Crippen LogP contribution in [-0.4, -0.2) is 32.8 Å². The molecule has 1 rings (SSSR count). The molecule has 0 atom stereocenters. The Kier molecular flexibility index (Phi) is 7.15. The topological polar surface area (TPSA) is 61.8 Å². The van der Waals surface area contributed by atoms with Gasteiger partial charge in [-0.25, -0.2) is 9.59 Å². The van der Waals surface area contributed by atoms with E-state index in [2.05, 4.69) is 47.3 Å². The maximum Gasteiger partial charge on any atom is 0.345 e. The molecule has 0 aromatic heterocycles. The van der Waals surface area contributed by atoms with E-state index < -0.39 is 11.9 Å². The van der Waals surface area contributed by atoms with Gasteiger partial charge in [0, 0.05) is 10.0 Å². The first kappa shape index (κ1) is 18.3. The molecule has 0 saturated carbocycles. The van der Waals surface area contributed by atoms with Gasteiger partial charge < -0.3 is 14.2 Å². The molecule has 0 amide bonds. The molecule has 0 N–H and O–H groups in total. The number of carbonyl (C=O) groups is 2. The molecule has 1 aromatic rings. The van der Waals surface area contributed by atoms with Crippen molar-refractivity contribution in [2.75, 3.05) is 20.8 Å². The number of carbonyl (C=O) groups excluding carboxylic acids is 2. The van der Waals surface area contributed by atoms with E-state index >= 15 is 0 Å². The third-order valence-electron chi connectivity index (χ3n) is 2.45. The van der Waals surface area contributed by atoms with Crippen LogP contribution in [0.2, 0.25) is 0 Å². The Balaban J connectivity index is 3.44. The number of ether oxygens (including phenoxy) is 3. The van der Waals surface area contributed by atoms with Crippen LogP contribution >= 0.6 is 31.9 Å². The molecule has 0 aliphatic heterocycles. The van der Waals surface area contributed by atoms with Crippen molar-refractivity contribution in [3.8, 4) is 18.1 Å². The lowest BCUT2D eigenvalue weighted by atomic mass is 10.1. The van der Waals surface area contributed by atoms with Crippen LogP contribution in [0.5, 0.6) is 5.75 Å². The lowest BCUT2D eigenvalue weighted by Crippen LogP contribution is -2.15. The normalized spacial score (nSPS) is 9.41. The summed E-state index contributed by atoms with van der Waals surface area (Å²) in [5.74, 6) is 1.11. The van der Waals surface area contributed by atoms with Gasteiger partial charge in [0.2, 0.25) is 0 Å². The Bertz CT molecular complexity index is 641. The van der Waals surface area contributed by atoms with Gasteiger partial charge in [-0.15, -0.1) is 6.42 Å². The first-order valence-electron chi connectivity index (χ1n) is 5.88. The molecule has 0 bridgehead atoms. The highest BCUT2D eigenvalue weighted by molar-refractivity contribution is 9.11. The fraction of sp³-hybridized carbons (Fsp3) is 0.200. The summed E-state index contributed by atoms with van der Waals surface area (Å²) in [7, 11) is 2.34. The summed E-state index contributed by atoms with van der Waals surface area (Å²) in [5.41, 5.74) is 0.197. The van der Waals surface area contributed by atoms with Gasteiger partial charge in [-0.3, -0.25) is 0 Å². The molecule has 116 valence electrons. The fourth-order valence-electron chi connectivity index (χ4n) is 1.53. The third kappa shape index (κ3) is 4.61. The van der Waals surface area contributed by atoms with Gasteiger partial charge in [0.15, 0.2) is 0 Å². The number of benzene rings is 1. The second-order valence-corrected chi connectivity index (χ2v) is 5.61. The predicted molar refractivity (Wildman–Crippen MR) is 88.2 cm³/mol. The molecule has 5 nitrogen and oxygen atoms in total. The highest BCUT2D eigenvalue weighted by Gasteiger charge is 2.21. The van der Waals surface area contributed by atoms with Gasteiger partial charge in [0.25, 0.3) is 0 Å². The predicted octanol–water partition coefficient (Wildman–Crippen LogP) is 2.95.